The molecule has 0 fully saturated rings. The van der Waals surface area contributed by atoms with Crippen molar-refractivity contribution in [3.63, 3.8) is 0 Å². The second-order valence-corrected chi connectivity index (χ2v) is 5.51. The molecule has 0 atom stereocenters. The van der Waals surface area contributed by atoms with E-state index in [1.807, 2.05) is 18.2 Å². The first-order valence-corrected chi connectivity index (χ1v) is 7.09. The minimum Gasteiger partial charge on any atom is -0.397 e. The van der Waals surface area contributed by atoms with Gasteiger partial charge in [-0.2, -0.15) is 0 Å². The molecular weight excluding hydrogens is 256 g/mol. The summed E-state index contributed by atoms with van der Waals surface area (Å²) in [6.45, 7) is 0. The third-order valence-electron chi connectivity index (χ3n) is 4.25. The fourth-order valence-corrected chi connectivity index (χ4v) is 3.17. The topological polar surface area (TPSA) is 52.0 Å². The molecule has 1 aliphatic carbocycles. The van der Waals surface area contributed by atoms with Crippen molar-refractivity contribution in [3.8, 4) is 22.3 Å². The van der Waals surface area contributed by atoms with Crippen molar-refractivity contribution in [3.05, 3.63) is 71.8 Å². The smallest absolute Gasteiger partial charge is 0.0554 e. The molecule has 102 valence electrons. The van der Waals surface area contributed by atoms with Gasteiger partial charge in [-0.3, -0.25) is 0 Å². The number of hydrogen-bond donors (Lipinski definition) is 2. The summed E-state index contributed by atoms with van der Waals surface area (Å²) in [5.41, 5.74) is 20.9. The predicted molar refractivity (Wildman–Crippen MR) is 88.9 cm³/mol. The van der Waals surface area contributed by atoms with Gasteiger partial charge in [0, 0.05) is 0 Å². The molecule has 0 heterocycles. The highest BCUT2D eigenvalue weighted by atomic mass is 14.7. The zero-order valence-electron chi connectivity index (χ0n) is 11.6. The van der Waals surface area contributed by atoms with Crippen LogP contribution in [0.5, 0.6) is 0 Å². The van der Waals surface area contributed by atoms with E-state index in [0.717, 1.165) is 12.0 Å². The number of fused-ring (bicyclic) bond motifs is 3. The van der Waals surface area contributed by atoms with Crippen LogP contribution in [-0.2, 0) is 6.42 Å². The molecule has 0 unspecified atom stereocenters. The van der Waals surface area contributed by atoms with Crippen LogP contribution in [0.1, 0.15) is 11.1 Å². The third kappa shape index (κ3) is 1.80. The van der Waals surface area contributed by atoms with Crippen molar-refractivity contribution in [1.29, 1.82) is 0 Å². The van der Waals surface area contributed by atoms with Gasteiger partial charge in [-0.25, -0.2) is 0 Å². The number of nitrogens with two attached hydrogens (primary N) is 2. The van der Waals surface area contributed by atoms with E-state index < -0.39 is 0 Å². The van der Waals surface area contributed by atoms with Crippen molar-refractivity contribution in [2.75, 3.05) is 11.5 Å². The highest BCUT2D eigenvalue weighted by Crippen LogP contribution is 2.41. The molecule has 2 nitrogen and oxygen atoms in total. The summed E-state index contributed by atoms with van der Waals surface area (Å²) in [7, 11) is 0. The van der Waals surface area contributed by atoms with Gasteiger partial charge in [-0.05, 0) is 51.9 Å². The van der Waals surface area contributed by atoms with Crippen LogP contribution >= 0.6 is 0 Å². The van der Waals surface area contributed by atoms with Crippen LogP contribution in [-0.4, -0.2) is 0 Å². The van der Waals surface area contributed by atoms with E-state index in [9.17, 15) is 0 Å². The van der Waals surface area contributed by atoms with E-state index in [0.29, 0.717) is 11.4 Å². The summed E-state index contributed by atoms with van der Waals surface area (Å²) in [6, 6.07) is 21.0. The Morgan fingerprint density at radius 2 is 1.43 bits per heavy atom. The first-order chi connectivity index (χ1) is 10.2. The fourth-order valence-electron chi connectivity index (χ4n) is 3.17. The lowest BCUT2D eigenvalue weighted by Gasteiger charge is -2.10. The Hall–Kier alpha value is -2.74. The van der Waals surface area contributed by atoms with E-state index >= 15 is 0 Å². The fraction of sp³-hybridized carbons (Fsp3) is 0.0526. The van der Waals surface area contributed by atoms with Gasteiger partial charge in [0.2, 0.25) is 0 Å². The maximum absolute atomic E-state index is 5.96. The minimum absolute atomic E-state index is 0.634. The molecule has 0 amide bonds. The van der Waals surface area contributed by atoms with Gasteiger partial charge < -0.3 is 11.5 Å². The Labute approximate surface area is 124 Å². The second kappa shape index (κ2) is 4.38. The molecule has 4 rings (SSSR count). The highest BCUT2D eigenvalue weighted by Gasteiger charge is 2.20. The Kier molecular flexibility index (Phi) is 2.51. The average molecular weight is 272 g/mol. The van der Waals surface area contributed by atoms with E-state index in [2.05, 4.69) is 42.5 Å². The maximum atomic E-state index is 5.96. The summed E-state index contributed by atoms with van der Waals surface area (Å²) in [6.07, 6.45) is 0.978. The second-order valence-electron chi connectivity index (χ2n) is 5.51. The predicted octanol–water partition coefficient (Wildman–Crippen LogP) is 4.09. The zero-order chi connectivity index (χ0) is 14.4. The molecule has 21 heavy (non-hydrogen) atoms. The van der Waals surface area contributed by atoms with E-state index in [1.165, 1.54) is 27.8 Å². The molecule has 0 aromatic heterocycles. The molecule has 1 aliphatic rings. The summed E-state index contributed by atoms with van der Waals surface area (Å²) >= 11 is 0. The number of nitrogen functional groups attached to an aromatic ring is 2. The number of benzene rings is 3. The van der Waals surface area contributed by atoms with Crippen LogP contribution in [0.2, 0.25) is 0 Å². The van der Waals surface area contributed by atoms with Gasteiger partial charge in [-0.1, -0.05) is 48.5 Å². The summed E-state index contributed by atoms with van der Waals surface area (Å²) in [5.74, 6) is 0. The van der Waals surface area contributed by atoms with Crippen molar-refractivity contribution < 1.29 is 0 Å². The van der Waals surface area contributed by atoms with Gasteiger partial charge in [0.25, 0.3) is 0 Å². The van der Waals surface area contributed by atoms with Crippen LogP contribution in [0.4, 0.5) is 11.4 Å². The van der Waals surface area contributed by atoms with Crippen molar-refractivity contribution >= 4 is 11.4 Å². The molecule has 0 saturated heterocycles. The number of hydrogen-bond acceptors (Lipinski definition) is 2. The van der Waals surface area contributed by atoms with Gasteiger partial charge in [0.05, 0.1) is 11.4 Å². The maximum Gasteiger partial charge on any atom is 0.0554 e. The molecule has 0 radical (unpaired) electrons. The summed E-state index contributed by atoms with van der Waals surface area (Å²) in [4.78, 5) is 0. The Morgan fingerprint density at radius 1 is 0.667 bits per heavy atom. The molecule has 3 aromatic rings. The number of rotatable bonds is 1. The summed E-state index contributed by atoms with van der Waals surface area (Å²) < 4.78 is 0. The normalized spacial score (nSPS) is 12.0. The standard InChI is InChI=1S/C19H16N2/c20-18-9-8-13(11-19(18)21)15-6-3-7-16-14-5-2-1-4-12(14)10-17(15)16/h1-9,11H,10,20-21H2. The van der Waals surface area contributed by atoms with E-state index in [-0.39, 0.29) is 0 Å². The first kappa shape index (κ1) is 12.0. The molecule has 2 heteroatoms. The molecular formula is C19H16N2. The Morgan fingerprint density at radius 3 is 2.29 bits per heavy atom. The lowest BCUT2D eigenvalue weighted by molar-refractivity contribution is 1.26. The first-order valence-electron chi connectivity index (χ1n) is 7.09. The third-order valence-corrected chi connectivity index (χ3v) is 4.25. The van der Waals surface area contributed by atoms with Crippen LogP contribution in [0.15, 0.2) is 60.7 Å². The quantitative estimate of drug-likeness (QED) is 0.513. The molecule has 3 aromatic carbocycles. The zero-order valence-corrected chi connectivity index (χ0v) is 11.6. The van der Waals surface area contributed by atoms with E-state index in [4.69, 9.17) is 11.5 Å². The van der Waals surface area contributed by atoms with E-state index in [1.54, 1.807) is 0 Å². The van der Waals surface area contributed by atoms with Crippen LogP contribution in [0.3, 0.4) is 0 Å². The summed E-state index contributed by atoms with van der Waals surface area (Å²) in [5, 5.41) is 0. The van der Waals surface area contributed by atoms with Gasteiger partial charge >= 0.3 is 0 Å². The number of anilines is 2. The van der Waals surface area contributed by atoms with Crippen LogP contribution in [0.25, 0.3) is 22.3 Å². The lowest BCUT2D eigenvalue weighted by atomic mass is 9.95. The molecule has 0 bridgehead atoms. The van der Waals surface area contributed by atoms with Crippen molar-refractivity contribution in [2.45, 2.75) is 6.42 Å². The Bertz CT molecular complexity index is 850. The Balaban J connectivity index is 1.92. The average Bonchev–Trinajstić information content (AvgIpc) is 2.89. The lowest BCUT2D eigenvalue weighted by Crippen LogP contribution is -1.95. The van der Waals surface area contributed by atoms with Gasteiger partial charge in [0.1, 0.15) is 0 Å². The largest absolute Gasteiger partial charge is 0.397 e. The molecule has 0 saturated carbocycles. The van der Waals surface area contributed by atoms with Gasteiger partial charge in [-0.15, -0.1) is 0 Å². The molecule has 0 aliphatic heterocycles. The van der Waals surface area contributed by atoms with Crippen molar-refractivity contribution in [1.82, 2.24) is 0 Å². The van der Waals surface area contributed by atoms with Gasteiger partial charge in [0.15, 0.2) is 0 Å². The SMILES string of the molecule is Nc1ccc(-c2cccc3c2Cc2ccccc2-3)cc1N. The van der Waals surface area contributed by atoms with Crippen molar-refractivity contribution in [2.24, 2.45) is 0 Å². The monoisotopic (exact) mass is 272 g/mol. The minimum atomic E-state index is 0.634. The molecule has 4 N–H and O–H groups in total. The van der Waals surface area contributed by atoms with Crippen LogP contribution in [0, 0.1) is 0 Å². The van der Waals surface area contributed by atoms with Crippen LogP contribution < -0.4 is 11.5 Å². The molecule has 0 spiro atoms. The highest BCUT2D eigenvalue weighted by molar-refractivity contribution is 5.86.